The smallest absolute Gasteiger partial charge is 0.228 e. The lowest BCUT2D eigenvalue weighted by molar-refractivity contribution is -0.115. The molecule has 0 unspecified atom stereocenters. The van der Waals surface area contributed by atoms with Crippen LogP contribution in [0.25, 0.3) is 22.5 Å². The number of rotatable bonds is 5. The minimum Gasteiger partial charge on any atom is -0.485 e. The molecule has 1 aliphatic heterocycles. The Labute approximate surface area is 192 Å². The van der Waals surface area contributed by atoms with E-state index in [2.05, 4.69) is 45.9 Å². The minimum atomic E-state index is -0.343. The summed E-state index contributed by atoms with van der Waals surface area (Å²) < 4.78 is 6.23. The second-order valence-corrected chi connectivity index (χ2v) is 9.04. The van der Waals surface area contributed by atoms with Crippen molar-refractivity contribution in [2.45, 2.75) is 39.2 Å². The number of H-pyrrole nitrogens is 1. The van der Waals surface area contributed by atoms with E-state index in [9.17, 15) is 4.79 Å². The zero-order valence-electron chi connectivity index (χ0n) is 18.8. The molecule has 2 heterocycles. The van der Waals surface area contributed by atoms with E-state index < -0.39 is 0 Å². The lowest BCUT2D eigenvalue weighted by Crippen LogP contribution is -2.25. The largest absolute Gasteiger partial charge is 0.485 e. The van der Waals surface area contributed by atoms with Gasteiger partial charge in [-0.05, 0) is 54.8 Å². The Morgan fingerprint density at radius 1 is 1.09 bits per heavy atom. The summed E-state index contributed by atoms with van der Waals surface area (Å²) in [5.41, 5.74) is 6.31. The van der Waals surface area contributed by atoms with Crippen molar-refractivity contribution < 1.29 is 9.53 Å². The number of carbonyl (C=O) groups is 1. The molecular formula is C26H25N5O2. The van der Waals surface area contributed by atoms with Gasteiger partial charge in [0.25, 0.3) is 0 Å². The van der Waals surface area contributed by atoms with Crippen molar-refractivity contribution in [1.29, 1.82) is 0 Å². The highest BCUT2D eigenvalue weighted by Gasteiger charge is 2.33. The van der Waals surface area contributed by atoms with Crippen LogP contribution in [0.1, 0.15) is 30.5 Å². The first kappa shape index (κ1) is 20.9. The third kappa shape index (κ3) is 4.35. The highest BCUT2D eigenvalue weighted by atomic mass is 16.5. The number of aromatic amines is 1. The fraction of sp³-hybridized carbons (Fsp3) is 0.231. The quantitative estimate of drug-likeness (QED) is 0.469. The molecule has 7 heteroatoms. The van der Waals surface area contributed by atoms with Crippen LogP contribution in [-0.2, 0) is 17.6 Å². The van der Waals surface area contributed by atoms with Crippen LogP contribution in [0.2, 0.25) is 0 Å². The fourth-order valence-corrected chi connectivity index (χ4v) is 4.25. The fourth-order valence-electron chi connectivity index (χ4n) is 4.25. The van der Waals surface area contributed by atoms with Gasteiger partial charge in [-0.15, -0.1) is 10.2 Å². The number of aromatic nitrogens is 4. The predicted molar refractivity (Wildman–Crippen MR) is 127 cm³/mol. The molecular weight excluding hydrogens is 414 g/mol. The van der Waals surface area contributed by atoms with Crippen LogP contribution in [0.5, 0.6) is 5.75 Å². The van der Waals surface area contributed by atoms with Crippen molar-refractivity contribution in [3.8, 4) is 28.3 Å². The number of hydrogen-bond donors (Lipinski definition) is 2. The predicted octanol–water partition coefficient (Wildman–Crippen LogP) is 4.74. The van der Waals surface area contributed by atoms with Crippen LogP contribution in [0, 0.1) is 6.92 Å². The first-order valence-corrected chi connectivity index (χ1v) is 10.9. The zero-order chi connectivity index (χ0) is 23.0. The van der Waals surface area contributed by atoms with Gasteiger partial charge in [-0.3, -0.25) is 4.79 Å². The van der Waals surface area contributed by atoms with Gasteiger partial charge in [0, 0.05) is 17.5 Å². The van der Waals surface area contributed by atoms with Gasteiger partial charge in [-0.1, -0.05) is 54.1 Å². The molecule has 0 spiro atoms. The van der Waals surface area contributed by atoms with Gasteiger partial charge in [0.15, 0.2) is 0 Å². The Morgan fingerprint density at radius 3 is 2.58 bits per heavy atom. The van der Waals surface area contributed by atoms with E-state index in [4.69, 9.17) is 4.74 Å². The van der Waals surface area contributed by atoms with E-state index >= 15 is 0 Å². The maximum absolute atomic E-state index is 12.9. The zero-order valence-corrected chi connectivity index (χ0v) is 18.8. The number of nitrogens with zero attached hydrogens (tertiary/aromatic N) is 3. The molecule has 4 aromatic rings. The van der Waals surface area contributed by atoms with E-state index in [1.54, 1.807) is 0 Å². The Hall–Kier alpha value is -4.00. The molecule has 166 valence electrons. The number of tetrazole rings is 1. The SMILES string of the molecule is Cc1ccc(CC(=O)Nc2cc(-c3ccccc3-c3nn[nH]n3)cc3c2OC(C)(C)C3)cc1. The van der Waals surface area contributed by atoms with Crippen LogP contribution in [0.15, 0.2) is 60.7 Å². The molecule has 0 aliphatic carbocycles. The van der Waals surface area contributed by atoms with Crippen molar-refractivity contribution >= 4 is 11.6 Å². The summed E-state index contributed by atoms with van der Waals surface area (Å²) in [4.78, 5) is 12.9. The topological polar surface area (TPSA) is 92.8 Å². The van der Waals surface area contributed by atoms with Gasteiger partial charge in [-0.2, -0.15) is 5.21 Å². The Morgan fingerprint density at radius 2 is 1.85 bits per heavy atom. The molecule has 0 atom stereocenters. The highest BCUT2D eigenvalue weighted by Crippen LogP contribution is 2.44. The Bertz CT molecular complexity index is 1310. The maximum Gasteiger partial charge on any atom is 0.228 e. The average Bonchev–Trinajstić information content (AvgIpc) is 3.42. The van der Waals surface area contributed by atoms with Crippen molar-refractivity contribution in [3.05, 3.63) is 77.4 Å². The molecule has 2 N–H and O–H groups in total. The monoisotopic (exact) mass is 439 g/mol. The molecule has 0 fully saturated rings. The van der Waals surface area contributed by atoms with Crippen LogP contribution < -0.4 is 10.1 Å². The van der Waals surface area contributed by atoms with Crippen LogP contribution >= 0.6 is 0 Å². The van der Waals surface area contributed by atoms with Gasteiger partial charge in [0.05, 0.1) is 12.1 Å². The molecule has 7 nitrogen and oxygen atoms in total. The third-order valence-electron chi connectivity index (χ3n) is 5.74. The summed E-state index contributed by atoms with van der Waals surface area (Å²) in [6, 6.07) is 20.0. The summed E-state index contributed by atoms with van der Waals surface area (Å²) in [7, 11) is 0. The minimum absolute atomic E-state index is 0.0852. The number of ether oxygens (including phenoxy) is 1. The number of anilines is 1. The van der Waals surface area contributed by atoms with Crippen LogP contribution in [0.4, 0.5) is 5.69 Å². The molecule has 0 saturated heterocycles. The molecule has 33 heavy (non-hydrogen) atoms. The van der Waals surface area contributed by atoms with E-state index in [0.717, 1.165) is 40.0 Å². The maximum atomic E-state index is 12.9. The highest BCUT2D eigenvalue weighted by molar-refractivity contribution is 5.96. The van der Waals surface area contributed by atoms with Gasteiger partial charge in [-0.25, -0.2) is 0 Å². The second-order valence-electron chi connectivity index (χ2n) is 9.04. The number of amides is 1. The number of benzene rings is 3. The van der Waals surface area contributed by atoms with Crippen molar-refractivity contribution in [2.24, 2.45) is 0 Å². The molecule has 1 aliphatic rings. The lowest BCUT2D eigenvalue weighted by Gasteiger charge is -2.19. The third-order valence-corrected chi connectivity index (χ3v) is 5.74. The summed E-state index contributed by atoms with van der Waals surface area (Å²) in [6.07, 6.45) is 1.05. The Kier molecular flexibility index (Phi) is 5.17. The van der Waals surface area contributed by atoms with E-state index in [-0.39, 0.29) is 11.5 Å². The molecule has 0 saturated carbocycles. The summed E-state index contributed by atoms with van der Waals surface area (Å²) in [6.45, 7) is 6.14. The summed E-state index contributed by atoms with van der Waals surface area (Å²) in [5.74, 6) is 1.17. The molecule has 1 aromatic heterocycles. The van der Waals surface area contributed by atoms with Crippen molar-refractivity contribution in [1.82, 2.24) is 20.6 Å². The van der Waals surface area contributed by atoms with Gasteiger partial charge in [0.1, 0.15) is 11.4 Å². The molecule has 3 aromatic carbocycles. The number of carbonyl (C=O) groups excluding carboxylic acids is 1. The van der Waals surface area contributed by atoms with Crippen molar-refractivity contribution in [2.75, 3.05) is 5.32 Å². The standard InChI is InChI=1S/C26H25N5O2/c1-16-8-10-17(11-9-16)12-23(32)27-22-14-18(13-19-15-26(2,3)33-24(19)22)20-6-4-5-7-21(20)25-28-30-31-29-25/h4-11,13-14H,12,15H2,1-3H3,(H,27,32)(H,28,29,30,31). The normalized spacial score (nSPS) is 13.9. The van der Waals surface area contributed by atoms with Crippen LogP contribution in [0.3, 0.4) is 0 Å². The first-order chi connectivity index (χ1) is 15.9. The number of hydrogen-bond acceptors (Lipinski definition) is 5. The van der Waals surface area contributed by atoms with Gasteiger partial charge < -0.3 is 10.1 Å². The van der Waals surface area contributed by atoms with E-state index in [1.807, 2.05) is 61.5 Å². The number of nitrogens with one attached hydrogen (secondary N) is 2. The summed E-state index contributed by atoms with van der Waals surface area (Å²) >= 11 is 0. The molecule has 1 amide bonds. The van der Waals surface area contributed by atoms with E-state index in [0.29, 0.717) is 17.9 Å². The van der Waals surface area contributed by atoms with Gasteiger partial charge in [0.2, 0.25) is 11.7 Å². The van der Waals surface area contributed by atoms with Crippen molar-refractivity contribution in [3.63, 3.8) is 0 Å². The molecule has 5 rings (SSSR count). The summed E-state index contributed by atoms with van der Waals surface area (Å²) in [5, 5.41) is 17.6. The van der Waals surface area contributed by atoms with E-state index in [1.165, 1.54) is 5.56 Å². The lowest BCUT2D eigenvalue weighted by atomic mass is 9.94. The molecule has 0 bridgehead atoms. The Balaban J connectivity index is 1.53. The molecule has 0 radical (unpaired) electrons. The van der Waals surface area contributed by atoms with Crippen LogP contribution in [-0.4, -0.2) is 32.1 Å². The number of fused-ring (bicyclic) bond motifs is 1. The number of aryl methyl sites for hydroxylation is 1. The first-order valence-electron chi connectivity index (χ1n) is 10.9. The van der Waals surface area contributed by atoms with Gasteiger partial charge >= 0.3 is 0 Å². The second kappa shape index (κ2) is 8.16. The average molecular weight is 440 g/mol.